The Morgan fingerprint density at radius 1 is 1.24 bits per heavy atom. The van der Waals surface area contributed by atoms with E-state index in [9.17, 15) is 4.79 Å². The zero-order chi connectivity index (χ0) is 20.1. The summed E-state index contributed by atoms with van der Waals surface area (Å²) in [5.41, 5.74) is 3.27. The molecule has 2 heterocycles. The Morgan fingerprint density at radius 2 is 2.07 bits per heavy atom. The van der Waals surface area contributed by atoms with Crippen LogP contribution in [0.15, 0.2) is 53.9 Å². The molecule has 0 radical (unpaired) electrons. The van der Waals surface area contributed by atoms with Crippen LogP contribution in [0.2, 0.25) is 5.02 Å². The van der Waals surface area contributed by atoms with E-state index in [0.29, 0.717) is 22.0 Å². The molecule has 1 fully saturated rings. The van der Waals surface area contributed by atoms with Crippen LogP contribution in [0.1, 0.15) is 15.9 Å². The van der Waals surface area contributed by atoms with E-state index >= 15 is 0 Å². The van der Waals surface area contributed by atoms with Crippen LogP contribution in [-0.4, -0.2) is 45.7 Å². The molecule has 0 atom stereocenters. The number of thioether (sulfide) groups is 2. The molecule has 150 valence electrons. The van der Waals surface area contributed by atoms with Crippen molar-refractivity contribution in [3.63, 3.8) is 0 Å². The van der Waals surface area contributed by atoms with Crippen molar-refractivity contribution in [1.82, 2.24) is 15.2 Å². The van der Waals surface area contributed by atoms with Gasteiger partial charge < -0.3 is 10.2 Å². The van der Waals surface area contributed by atoms with Gasteiger partial charge in [0.15, 0.2) is 5.16 Å². The maximum Gasteiger partial charge on any atom is 0.255 e. The van der Waals surface area contributed by atoms with Crippen molar-refractivity contribution >= 4 is 52.4 Å². The first kappa shape index (κ1) is 20.1. The van der Waals surface area contributed by atoms with Gasteiger partial charge in [-0.25, -0.2) is 4.98 Å². The highest BCUT2D eigenvalue weighted by atomic mass is 35.5. The maximum absolute atomic E-state index is 12.9. The summed E-state index contributed by atoms with van der Waals surface area (Å²) in [6, 6.07) is 13.3. The normalized spacial score (nSPS) is 14.0. The van der Waals surface area contributed by atoms with Gasteiger partial charge in [-0.1, -0.05) is 41.6 Å². The highest BCUT2D eigenvalue weighted by Crippen LogP contribution is 2.31. The number of halogens is 1. The van der Waals surface area contributed by atoms with E-state index in [4.69, 9.17) is 11.6 Å². The number of aromatic nitrogens is 3. The molecule has 29 heavy (non-hydrogen) atoms. The summed E-state index contributed by atoms with van der Waals surface area (Å²) in [6.07, 6.45) is 1.47. The van der Waals surface area contributed by atoms with E-state index in [1.165, 1.54) is 18.1 Å². The van der Waals surface area contributed by atoms with E-state index in [1.807, 2.05) is 54.2 Å². The molecule has 2 aromatic carbocycles. The Labute approximate surface area is 182 Å². The lowest BCUT2D eigenvalue weighted by Gasteiger charge is -2.29. The van der Waals surface area contributed by atoms with Crippen molar-refractivity contribution in [1.29, 1.82) is 0 Å². The second kappa shape index (κ2) is 9.56. The summed E-state index contributed by atoms with van der Waals surface area (Å²) in [7, 11) is 0. The first-order chi connectivity index (χ1) is 14.2. The predicted molar refractivity (Wildman–Crippen MR) is 121 cm³/mol. The van der Waals surface area contributed by atoms with Crippen molar-refractivity contribution < 1.29 is 4.79 Å². The van der Waals surface area contributed by atoms with Crippen molar-refractivity contribution in [3.8, 4) is 0 Å². The molecule has 3 aromatic rings. The number of anilines is 2. The van der Waals surface area contributed by atoms with Gasteiger partial charge in [0.1, 0.15) is 6.33 Å². The Kier molecular flexibility index (Phi) is 6.63. The van der Waals surface area contributed by atoms with Gasteiger partial charge in [0.05, 0.1) is 10.7 Å². The standard InChI is InChI=1S/C20H20ClN5OS2/c21-17-11-15(5-6-18(17)26-7-9-28-10-8-26)24-19(27)16-4-2-1-3-14(16)12-29-20-22-13-23-25-20/h1-6,11,13H,7-10,12H2,(H,24,27)(H,22,23,25). The fourth-order valence-corrected chi connectivity index (χ4v) is 5.11. The molecule has 1 aliphatic rings. The van der Waals surface area contributed by atoms with E-state index in [1.54, 1.807) is 0 Å². The molecule has 0 bridgehead atoms. The van der Waals surface area contributed by atoms with Gasteiger partial charge in [0, 0.05) is 41.6 Å². The van der Waals surface area contributed by atoms with Gasteiger partial charge in [0.25, 0.3) is 5.91 Å². The van der Waals surface area contributed by atoms with Crippen molar-refractivity contribution in [2.75, 3.05) is 34.8 Å². The summed E-state index contributed by atoms with van der Waals surface area (Å²) < 4.78 is 0. The summed E-state index contributed by atoms with van der Waals surface area (Å²) in [5.74, 6) is 2.68. The summed E-state index contributed by atoms with van der Waals surface area (Å²) in [5, 5.41) is 11.0. The molecular formula is C20H20ClN5OS2. The van der Waals surface area contributed by atoms with Crippen molar-refractivity contribution in [3.05, 3.63) is 64.9 Å². The van der Waals surface area contributed by atoms with Crippen molar-refractivity contribution in [2.45, 2.75) is 10.9 Å². The minimum absolute atomic E-state index is 0.156. The molecule has 1 aromatic heterocycles. The van der Waals surface area contributed by atoms with Crippen LogP contribution in [-0.2, 0) is 5.75 Å². The van der Waals surface area contributed by atoms with Crippen molar-refractivity contribution in [2.24, 2.45) is 0 Å². The fourth-order valence-electron chi connectivity index (χ4n) is 3.12. The quantitative estimate of drug-likeness (QED) is 0.542. The van der Waals surface area contributed by atoms with Gasteiger partial charge in [-0.2, -0.15) is 16.9 Å². The fraction of sp³-hybridized carbons (Fsp3) is 0.250. The molecule has 0 saturated carbocycles. The molecule has 9 heteroatoms. The van der Waals surface area contributed by atoms with Gasteiger partial charge in [-0.3, -0.25) is 9.89 Å². The van der Waals surface area contributed by atoms with Gasteiger partial charge in [-0.05, 0) is 29.8 Å². The Bertz CT molecular complexity index is 977. The van der Waals surface area contributed by atoms with Crippen LogP contribution in [0.3, 0.4) is 0 Å². The van der Waals surface area contributed by atoms with E-state index in [0.717, 1.165) is 41.0 Å². The zero-order valence-electron chi connectivity index (χ0n) is 15.6. The Balaban J connectivity index is 1.46. The zero-order valence-corrected chi connectivity index (χ0v) is 18.0. The number of carbonyl (C=O) groups is 1. The highest BCUT2D eigenvalue weighted by Gasteiger charge is 2.16. The minimum Gasteiger partial charge on any atom is -0.369 e. The number of carbonyl (C=O) groups excluding carboxylic acids is 1. The largest absolute Gasteiger partial charge is 0.369 e. The smallest absolute Gasteiger partial charge is 0.255 e. The minimum atomic E-state index is -0.156. The van der Waals surface area contributed by atoms with Crippen LogP contribution in [0.4, 0.5) is 11.4 Å². The Hall–Kier alpha value is -2.16. The lowest BCUT2D eigenvalue weighted by Crippen LogP contribution is -2.32. The predicted octanol–water partition coefficient (Wildman–Crippen LogP) is 4.56. The molecule has 1 amide bonds. The SMILES string of the molecule is O=C(Nc1ccc(N2CCSCC2)c(Cl)c1)c1ccccc1CSc1ncn[nH]1. The number of amides is 1. The second-order valence-electron chi connectivity index (χ2n) is 6.46. The summed E-state index contributed by atoms with van der Waals surface area (Å²) in [6.45, 7) is 1.98. The third-order valence-corrected chi connectivity index (χ3v) is 6.75. The van der Waals surface area contributed by atoms with Crippen LogP contribution < -0.4 is 10.2 Å². The van der Waals surface area contributed by atoms with Crippen LogP contribution in [0.5, 0.6) is 0 Å². The number of nitrogens with one attached hydrogen (secondary N) is 2. The molecule has 4 rings (SSSR count). The molecular weight excluding hydrogens is 426 g/mol. The van der Waals surface area contributed by atoms with E-state index < -0.39 is 0 Å². The molecule has 2 N–H and O–H groups in total. The number of hydrogen-bond donors (Lipinski definition) is 2. The number of hydrogen-bond acceptors (Lipinski definition) is 6. The Morgan fingerprint density at radius 3 is 2.83 bits per heavy atom. The third kappa shape index (κ3) is 5.07. The summed E-state index contributed by atoms with van der Waals surface area (Å²) >= 11 is 9.97. The lowest BCUT2D eigenvalue weighted by atomic mass is 10.1. The molecule has 0 aliphatic carbocycles. The highest BCUT2D eigenvalue weighted by molar-refractivity contribution is 7.99. The number of H-pyrrole nitrogens is 1. The first-order valence-electron chi connectivity index (χ1n) is 9.20. The van der Waals surface area contributed by atoms with Gasteiger partial charge in [0.2, 0.25) is 0 Å². The third-order valence-electron chi connectivity index (χ3n) is 4.58. The summed E-state index contributed by atoms with van der Waals surface area (Å²) in [4.78, 5) is 19.3. The van der Waals surface area contributed by atoms with E-state index in [-0.39, 0.29) is 5.91 Å². The number of rotatable bonds is 6. The number of benzene rings is 2. The molecule has 6 nitrogen and oxygen atoms in total. The first-order valence-corrected chi connectivity index (χ1v) is 11.7. The monoisotopic (exact) mass is 445 g/mol. The van der Waals surface area contributed by atoms with Crippen LogP contribution in [0.25, 0.3) is 0 Å². The lowest BCUT2D eigenvalue weighted by molar-refractivity contribution is 0.102. The number of aromatic amines is 1. The average molecular weight is 446 g/mol. The molecule has 1 aliphatic heterocycles. The second-order valence-corrected chi connectivity index (χ2v) is 9.05. The molecule has 1 saturated heterocycles. The molecule has 0 spiro atoms. The maximum atomic E-state index is 12.9. The van der Waals surface area contributed by atoms with Crippen LogP contribution in [0, 0.1) is 0 Å². The van der Waals surface area contributed by atoms with Crippen LogP contribution >= 0.6 is 35.1 Å². The average Bonchev–Trinajstić information content (AvgIpc) is 3.27. The van der Waals surface area contributed by atoms with E-state index in [2.05, 4.69) is 25.4 Å². The van der Waals surface area contributed by atoms with Gasteiger partial charge >= 0.3 is 0 Å². The topological polar surface area (TPSA) is 73.9 Å². The molecule has 0 unspecified atom stereocenters. The number of nitrogens with zero attached hydrogens (tertiary/aromatic N) is 3. The van der Waals surface area contributed by atoms with Gasteiger partial charge in [-0.15, -0.1) is 0 Å².